The van der Waals surface area contributed by atoms with Crippen molar-refractivity contribution in [2.24, 2.45) is 0 Å². The molecule has 0 radical (unpaired) electrons. The van der Waals surface area contributed by atoms with Gasteiger partial charge in [0.1, 0.15) is 0 Å². The fourth-order valence-corrected chi connectivity index (χ4v) is 1.95. The number of nitrogens with zero attached hydrogens (tertiary/aromatic N) is 1. The molecule has 178 valence electrons. The van der Waals surface area contributed by atoms with Crippen LogP contribution in [0.15, 0.2) is 11.8 Å². The first kappa shape index (κ1) is 26.4. The van der Waals surface area contributed by atoms with Gasteiger partial charge in [-0.25, -0.2) is 4.90 Å². The molecule has 0 bridgehead atoms. The molecule has 0 aromatic heterocycles. The van der Waals surface area contributed by atoms with Crippen molar-refractivity contribution in [2.75, 3.05) is 6.61 Å². The number of rotatable bonds is 4. The SMILES string of the molecule is CCOC(F)(F)/C(F)=C(\F)N1C(F)(F)C(F)(C(F)(F)F)OC(F)(C(F)(F)F)C1(F)F. The lowest BCUT2D eigenvalue weighted by Crippen LogP contribution is -2.81. The van der Waals surface area contributed by atoms with Gasteiger partial charge < -0.3 is 4.74 Å². The highest BCUT2D eigenvalue weighted by Gasteiger charge is 2.93. The van der Waals surface area contributed by atoms with Crippen LogP contribution < -0.4 is 0 Å². The van der Waals surface area contributed by atoms with Crippen molar-refractivity contribution in [3.63, 3.8) is 0 Å². The van der Waals surface area contributed by atoms with E-state index in [1.165, 1.54) is 0 Å². The lowest BCUT2D eigenvalue weighted by atomic mass is 10.1. The zero-order chi connectivity index (χ0) is 24.4. The summed E-state index contributed by atoms with van der Waals surface area (Å²) in [5.74, 6) is -23.7. The van der Waals surface area contributed by atoms with E-state index in [9.17, 15) is 70.2 Å². The summed E-state index contributed by atoms with van der Waals surface area (Å²) in [4.78, 5) is -3.72. The van der Waals surface area contributed by atoms with Gasteiger partial charge in [-0.05, 0) is 6.92 Å². The number of hydrogen-bond acceptors (Lipinski definition) is 3. The topological polar surface area (TPSA) is 21.7 Å². The molecule has 30 heavy (non-hydrogen) atoms. The minimum atomic E-state index is -7.52. The number of alkyl halides is 14. The number of halogens is 16. The molecule has 2 unspecified atom stereocenters. The Hall–Kier alpha value is -1.66. The van der Waals surface area contributed by atoms with Crippen LogP contribution in [0.4, 0.5) is 70.2 Å². The minimum Gasteiger partial charge on any atom is -0.315 e. The molecule has 3 nitrogen and oxygen atoms in total. The highest BCUT2D eigenvalue weighted by Crippen LogP contribution is 2.64. The monoisotopic (exact) mass is 487 g/mol. The highest BCUT2D eigenvalue weighted by atomic mass is 19.4. The maximum Gasteiger partial charge on any atom is 0.457 e. The van der Waals surface area contributed by atoms with Gasteiger partial charge in [0.05, 0.1) is 6.61 Å². The van der Waals surface area contributed by atoms with Gasteiger partial charge in [-0.3, -0.25) is 4.74 Å². The maximum absolute atomic E-state index is 13.8. The number of ether oxygens (including phenoxy) is 2. The van der Waals surface area contributed by atoms with Crippen LogP contribution in [-0.2, 0) is 9.47 Å². The third kappa shape index (κ3) is 3.42. The van der Waals surface area contributed by atoms with Crippen LogP contribution in [0, 0.1) is 0 Å². The molecule has 1 aliphatic heterocycles. The molecule has 0 saturated carbocycles. The van der Waals surface area contributed by atoms with E-state index in [-0.39, 0.29) is 0 Å². The summed E-state index contributed by atoms with van der Waals surface area (Å²) in [6.07, 6.45) is -20.9. The van der Waals surface area contributed by atoms with E-state index in [1.807, 2.05) is 0 Å². The van der Waals surface area contributed by atoms with Gasteiger partial charge >= 0.3 is 42.3 Å². The third-order valence-electron chi connectivity index (χ3n) is 3.30. The molecule has 1 saturated heterocycles. The molecule has 2 atom stereocenters. The molecule has 0 N–H and O–H groups in total. The van der Waals surface area contributed by atoms with Gasteiger partial charge in [-0.2, -0.15) is 70.2 Å². The van der Waals surface area contributed by atoms with E-state index < -0.39 is 65.5 Å². The summed E-state index contributed by atoms with van der Waals surface area (Å²) in [7, 11) is 0. The Morgan fingerprint density at radius 1 is 0.767 bits per heavy atom. The van der Waals surface area contributed by atoms with E-state index >= 15 is 0 Å². The van der Waals surface area contributed by atoms with E-state index in [0.29, 0.717) is 6.92 Å². The molecule has 0 aliphatic carbocycles. The van der Waals surface area contributed by atoms with Crippen LogP contribution >= 0.6 is 0 Å². The minimum absolute atomic E-state index is 0.587. The van der Waals surface area contributed by atoms with E-state index in [1.54, 1.807) is 4.74 Å². The van der Waals surface area contributed by atoms with Crippen molar-refractivity contribution in [3.05, 3.63) is 11.8 Å². The zero-order valence-corrected chi connectivity index (χ0v) is 13.5. The Bertz CT molecular complexity index is 660. The average Bonchev–Trinajstić information content (AvgIpc) is 2.49. The largest absolute Gasteiger partial charge is 0.457 e. The number of hydrogen-bond donors (Lipinski definition) is 0. The predicted molar refractivity (Wildman–Crippen MR) is 58.4 cm³/mol. The molecular weight excluding hydrogens is 482 g/mol. The van der Waals surface area contributed by atoms with Gasteiger partial charge in [-0.15, -0.1) is 0 Å². The molecule has 1 fully saturated rings. The first-order valence-corrected chi connectivity index (χ1v) is 6.80. The van der Waals surface area contributed by atoms with Crippen molar-refractivity contribution >= 4 is 0 Å². The van der Waals surface area contributed by atoms with Gasteiger partial charge in [0.2, 0.25) is 5.95 Å². The van der Waals surface area contributed by atoms with Crippen molar-refractivity contribution in [2.45, 2.75) is 49.2 Å². The van der Waals surface area contributed by atoms with Crippen molar-refractivity contribution in [1.82, 2.24) is 4.90 Å². The molecule has 0 spiro atoms. The summed E-state index contributed by atoms with van der Waals surface area (Å²) in [5, 5.41) is 0. The first-order chi connectivity index (χ1) is 13.0. The lowest BCUT2D eigenvalue weighted by Gasteiger charge is -2.53. The zero-order valence-electron chi connectivity index (χ0n) is 13.5. The second-order valence-corrected chi connectivity index (χ2v) is 5.26. The summed E-state index contributed by atoms with van der Waals surface area (Å²) in [6.45, 7) is -0.752. The Morgan fingerprint density at radius 3 is 1.37 bits per heavy atom. The normalized spacial score (nSPS) is 30.9. The van der Waals surface area contributed by atoms with Crippen LogP contribution in [0.3, 0.4) is 0 Å². The van der Waals surface area contributed by atoms with Crippen molar-refractivity contribution in [3.8, 4) is 0 Å². The second kappa shape index (κ2) is 6.92. The molecule has 0 aromatic carbocycles. The van der Waals surface area contributed by atoms with Crippen molar-refractivity contribution in [1.29, 1.82) is 0 Å². The molecule has 0 amide bonds. The van der Waals surface area contributed by atoms with E-state index in [2.05, 4.69) is 4.74 Å². The molecule has 1 aliphatic rings. The summed E-state index contributed by atoms with van der Waals surface area (Å²) < 4.78 is 217. The van der Waals surface area contributed by atoms with Gasteiger partial charge in [0.25, 0.3) is 5.83 Å². The van der Waals surface area contributed by atoms with Crippen molar-refractivity contribution < 1.29 is 79.7 Å². The van der Waals surface area contributed by atoms with Crippen LogP contribution in [0.25, 0.3) is 0 Å². The Labute approximate surface area is 153 Å². The highest BCUT2D eigenvalue weighted by molar-refractivity contribution is 5.17. The number of morpholine rings is 1. The molecule has 1 rings (SSSR count). The first-order valence-electron chi connectivity index (χ1n) is 6.80. The third-order valence-corrected chi connectivity index (χ3v) is 3.30. The quantitative estimate of drug-likeness (QED) is 0.376. The smallest absolute Gasteiger partial charge is 0.315 e. The Balaban J connectivity index is 4.01. The maximum atomic E-state index is 13.8. The fraction of sp³-hybridized carbons (Fsp3) is 0.818. The Morgan fingerprint density at radius 2 is 1.10 bits per heavy atom. The van der Waals surface area contributed by atoms with Gasteiger partial charge in [0, 0.05) is 0 Å². The molecule has 0 aromatic rings. The van der Waals surface area contributed by atoms with Crippen LogP contribution in [0.2, 0.25) is 0 Å². The predicted octanol–water partition coefficient (Wildman–Crippen LogP) is 5.70. The molecular formula is C11H5F16NO2. The molecule has 1 heterocycles. The Kier molecular flexibility index (Phi) is 6.09. The van der Waals surface area contributed by atoms with Crippen LogP contribution in [0.5, 0.6) is 0 Å². The summed E-state index contributed by atoms with van der Waals surface area (Å²) in [5.41, 5.74) is 0. The summed E-state index contributed by atoms with van der Waals surface area (Å²) >= 11 is 0. The van der Waals surface area contributed by atoms with E-state index in [0.717, 1.165) is 0 Å². The molecule has 19 heteroatoms. The lowest BCUT2D eigenvalue weighted by molar-refractivity contribution is -0.574. The van der Waals surface area contributed by atoms with Crippen LogP contribution in [-0.4, -0.2) is 53.8 Å². The summed E-state index contributed by atoms with van der Waals surface area (Å²) in [6, 6.07) is -14.9. The van der Waals surface area contributed by atoms with Gasteiger partial charge in [-0.1, -0.05) is 0 Å². The fourth-order valence-electron chi connectivity index (χ4n) is 1.95. The standard InChI is InChI=1S/C11H5F16NO2/c1-2-29-5(14,15)3(12)4(13)28-10(24,25)6(16,8(18,19)20)30-7(17,9(21,22)23)11(28,26)27/h2H2,1H3/b4-3-. The van der Waals surface area contributed by atoms with Crippen LogP contribution in [0.1, 0.15) is 6.92 Å². The average molecular weight is 487 g/mol. The van der Waals surface area contributed by atoms with Gasteiger partial charge in [0.15, 0.2) is 0 Å². The van der Waals surface area contributed by atoms with E-state index in [4.69, 9.17) is 0 Å². The second-order valence-electron chi connectivity index (χ2n) is 5.26.